The maximum absolute atomic E-state index is 14.0. The molecule has 0 spiro atoms. The highest BCUT2D eigenvalue weighted by molar-refractivity contribution is 6.11. The van der Waals surface area contributed by atoms with Gasteiger partial charge in [-0.25, -0.2) is 4.39 Å². The van der Waals surface area contributed by atoms with Crippen LogP contribution in [0.25, 0.3) is 10.9 Å². The Morgan fingerprint density at radius 2 is 1.77 bits per heavy atom. The number of H-pyrrole nitrogens is 1. The number of Topliss-reactive ketones (excluding diaryl/α,β-unsaturated/α-hetero) is 1. The van der Waals surface area contributed by atoms with Crippen LogP contribution in [0.2, 0.25) is 0 Å². The Morgan fingerprint density at radius 1 is 1.00 bits per heavy atom. The molecule has 4 aromatic rings. The molecule has 0 radical (unpaired) electrons. The maximum atomic E-state index is 14.0. The van der Waals surface area contributed by atoms with Crippen LogP contribution in [0.15, 0.2) is 60.8 Å². The van der Waals surface area contributed by atoms with Crippen molar-refractivity contribution in [1.82, 2.24) is 4.98 Å². The number of anilines is 1. The molecule has 1 aromatic heterocycles. The van der Waals surface area contributed by atoms with Crippen molar-refractivity contribution in [3.63, 3.8) is 0 Å². The molecule has 3 aromatic carbocycles. The number of ether oxygens (including phenoxy) is 4. The van der Waals surface area contributed by atoms with Gasteiger partial charge in [-0.2, -0.15) is 0 Å². The fourth-order valence-corrected chi connectivity index (χ4v) is 4.06. The summed E-state index contributed by atoms with van der Waals surface area (Å²) in [5, 5.41) is 12.6. The lowest BCUT2D eigenvalue weighted by Gasteiger charge is -2.23. The summed E-state index contributed by atoms with van der Waals surface area (Å²) >= 11 is 0. The molecule has 0 aliphatic heterocycles. The van der Waals surface area contributed by atoms with E-state index >= 15 is 0 Å². The van der Waals surface area contributed by atoms with Gasteiger partial charge in [0.15, 0.2) is 5.78 Å². The van der Waals surface area contributed by atoms with Crippen molar-refractivity contribution in [3.8, 4) is 23.0 Å². The topological polar surface area (TPSA) is 102 Å². The molecule has 3 N–H and O–H groups in total. The van der Waals surface area contributed by atoms with Crippen LogP contribution in [0, 0.1) is 5.82 Å². The fourth-order valence-electron chi connectivity index (χ4n) is 4.06. The Balaban J connectivity index is 1.81. The molecule has 0 bridgehead atoms. The van der Waals surface area contributed by atoms with Gasteiger partial charge in [-0.1, -0.05) is 0 Å². The van der Waals surface area contributed by atoms with Gasteiger partial charge in [-0.3, -0.25) is 4.79 Å². The van der Waals surface area contributed by atoms with Gasteiger partial charge in [-0.05, 0) is 30.3 Å². The van der Waals surface area contributed by atoms with E-state index in [0.29, 0.717) is 28.1 Å². The standard InChI is InChI=1S/C27H24F4N2O6/c1-36-18-10-16(11-19(12-18)38-8-7-34)33-25(21-6-4-17(13-24(21)37-2)39-27(29,30)31)26(35)22-14-32-23-9-15(28)3-5-20(22)23/h3-6,9-14,25,32-34H,7-8H2,1-2H3. The van der Waals surface area contributed by atoms with Crippen molar-refractivity contribution in [1.29, 1.82) is 0 Å². The third kappa shape index (κ3) is 6.52. The summed E-state index contributed by atoms with van der Waals surface area (Å²) in [5.41, 5.74) is 1.16. The van der Waals surface area contributed by atoms with E-state index < -0.39 is 29.8 Å². The van der Waals surface area contributed by atoms with E-state index in [4.69, 9.17) is 19.3 Å². The van der Waals surface area contributed by atoms with Gasteiger partial charge in [-0.15, -0.1) is 13.2 Å². The monoisotopic (exact) mass is 548 g/mol. The van der Waals surface area contributed by atoms with Gasteiger partial charge in [0.25, 0.3) is 0 Å². The number of carbonyl (C=O) groups is 1. The number of hydrogen-bond acceptors (Lipinski definition) is 7. The molecule has 4 rings (SSSR count). The number of fused-ring (bicyclic) bond motifs is 1. The number of methoxy groups -OCH3 is 2. The van der Waals surface area contributed by atoms with E-state index in [1.165, 1.54) is 44.7 Å². The first-order chi connectivity index (χ1) is 18.6. The van der Waals surface area contributed by atoms with Crippen molar-refractivity contribution in [2.24, 2.45) is 0 Å². The van der Waals surface area contributed by atoms with Gasteiger partial charge in [0.05, 0.1) is 20.8 Å². The molecule has 1 heterocycles. The first kappa shape index (κ1) is 27.6. The van der Waals surface area contributed by atoms with Crippen molar-refractivity contribution >= 4 is 22.4 Å². The van der Waals surface area contributed by atoms with Crippen LogP contribution < -0.4 is 24.3 Å². The third-order valence-electron chi connectivity index (χ3n) is 5.71. The number of rotatable bonds is 11. The molecule has 0 aliphatic rings. The molecule has 0 fully saturated rings. The second kappa shape index (κ2) is 11.5. The summed E-state index contributed by atoms with van der Waals surface area (Å²) < 4.78 is 72.3. The molecule has 1 atom stereocenters. The van der Waals surface area contributed by atoms with E-state index in [-0.39, 0.29) is 30.1 Å². The number of carbonyl (C=O) groups excluding carboxylic acids is 1. The first-order valence-electron chi connectivity index (χ1n) is 11.6. The average molecular weight is 548 g/mol. The number of aromatic amines is 1. The summed E-state index contributed by atoms with van der Waals surface area (Å²) in [6.45, 7) is -0.221. The second-order valence-corrected chi connectivity index (χ2v) is 8.25. The van der Waals surface area contributed by atoms with Crippen LogP contribution in [0.3, 0.4) is 0 Å². The van der Waals surface area contributed by atoms with Gasteiger partial charge < -0.3 is 34.4 Å². The minimum atomic E-state index is -4.93. The van der Waals surface area contributed by atoms with E-state index in [0.717, 1.165) is 12.1 Å². The van der Waals surface area contributed by atoms with Gasteiger partial charge >= 0.3 is 6.36 Å². The fraction of sp³-hybridized carbons (Fsp3) is 0.222. The third-order valence-corrected chi connectivity index (χ3v) is 5.71. The van der Waals surface area contributed by atoms with Crippen LogP contribution in [0.1, 0.15) is 22.0 Å². The molecule has 0 amide bonds. The lowest BCUT2D eigenvalue weighted by atomic mass is 9.95. The van der Waals surface area contributed by atoms with Crippen LogP contribution in [0.5, 0.6) is 23.0 Å². The molecule has 1 unspecified atom stereocenters. The van der Waals surface area contributed by atoms with Crippen LogP contribution in [-0.2, 0) is 0 Å². The number of benzene rings is 3. The van der Waals surface area contributed by atoms with E-state index in [2.05, 4.69) is 15.0 Å². The SMILES string of the molecule is COc1cc(NC(C(=O)c2c[nH]c3cc(F)ccc23)c2ccc(OC(F)(F)F)cc2OC)cc(OCCO)c1. The highest BCUT2D eigenvalue weighted by atomic mass is 19.4. The van der Waals surface area contributed by atoms with Gasteiger partial charge in [0.1, 0.15) is 41.5 Å². The Bertz CT molecular complexity index is 1470. The zero-order valence-electron chi connectivity index (χ0n) is 20.8. The zero-order chi connectivity index (χ0) is 28.2. The predicted molar refractivity (Wildman–Crippen MR) is 134 cm³/mol. The quantitative estimate of drug-likeness (QED) is 0.165. The van der Waals surface area contributed by atoms with Crippen molar-refractivity contribution in [3.05, 3.63) is 77.7 Å². The Labute approximate surface area is 220 Å². The van der Waals surface area contributed by atoms with Crippen LogP contribution >= 0.6 is 0 Å². The maximum Gasteiger partial charge on any atom is 0.573 e. The zero-order valence-corrected chi connectivity index (χ0v) is 20.8. The molecule has 0 saturated carbocycles. The summed E-state index contributed by atoms with van der Waals surface area (Å²) in [7, 11) is 2.68. The smallest absolute Gasteiger partial charge is 0.497 e. The number of halogens is 4. The minimum absolute atomic E-state index is 0.00928. The van der Waals surface area contributed by atoms with Crippen LogP contribution in [0.4, 0.5) is 23.2 Å². The lowest BCUT2D eigenvalue weighted by molar-refractivity contribution is -0.274. The molecular weight excluding hydrogens is 524 g/mol. The number of hydrogen-bond donors (Lipinski definition) is 3. The Kier molecular flexibility index (Phi) is 8.15. The van der Waals surface area contributed by atoms with E-state index in [1.807, 2.05) is 0 Å². The number of ketones is 1. The largest absolute Gasteiger partial charge is 0.573 e. The van der Waals surface area contributed by atoms with Gasteiger partial charge in [0.2, 0.25) is 0 Å². The number of aromatic nitrogens is 1. The van der Waals surface area contributed by atoms with Crippen LogP contribution in [-0.4, -0.2) is 49.7 Å². The van der Waals surface area contributed by atoms with E-state index in [1.54, 1.807) is 18.2 Å². The first-order valence-corrected chi connectivity index (χ1v) is 11.6. The van der Waals surface area contributed by atoms with Gasteiger partial charge in [0, 0.05) is 58.2 Å². The highest BCUT2D eigenvalue weighted by Gasteiger charge is 2.33. The lowest BCUT2D eigenvalue weighted by Crippen LogP contribution is -2.22. The molecule has 39 heavy (non-hydrogen) atoms. The summed E-state index contributed by atoms with van der Waals surface area (Å²) in [6.07, 6.45) is -3.50. The second-order valence-electron chi connectivity index (χ2n) is 8.25. The summed E-state index contributed by atoms with van der Waals surface area (Å²) in [5.74, 6) is -0.850. The minimum Gasteiger partial charge on any atom is -0.497 e. The molecule has 0 aliphatic carbocycles. The normalized spacial score (nSPS) is 12.2. The average Bonchev–Trinajstić information content (AvgIpc) is 3.32. The summed E-state index contributed by atoms with van der Waals surface area (Å²) in [4.78, 5) is 16.8. The summed E-state index contributed by atoms with van der Waals surface area (Å²) in [6, 6.07) is 10.8. The number of alkyl halides is 3. The molecular formula is C27H24F4N2O6. The Morgan fingerprint density at radius 3 is 2.46 bits per heavy atom. The van der Waals surface area contributed by atoms with Crippen molar-refractivity contribution < 1.29 is 46.4 Å². The number of aliphatic hydroxyl groups excluding tert-OH is 1. The highest BCUT2D eigenvalue weighted by Crippen LogP contribution is 2.37. The molecule has 0 saturated heterocycles. The Hall–Kier alpha value is -4.45. The molecule has 12 heteroatoms. The number of aliphatic hydroxyl groups is 1. The van der Waals surface area contributed by atoms with E-state index in [9.17, 15) is 22.4 Å². The molecule has 8 nitrogen and oxygen atoms in total. The number of nitrogens with one attached hydrogen (secondary N) is 2. The van der Waals surface area contributed by atoms with Crippen molar-refractivity contribution in [2.45, 2.75) is 12.4 Å². The predicted octanol–water partition coefficient (Wildman–Crippen LogP) is 5.63. The molecule has 206 valence electrons. The van der Waals surface area contributed by atoms with Crippen molar-refractivity contribution in [2.75, 3.05) is 32.8 Å².